The predicted octanol–water partition coefficient (Wildman–Crippen LogP) is 3.85. The Labute approximate surface area is 246 Å². The molecule has 1 atom stereocenters. The van der Waals surface area contributed by atoms with Crippen LogP contribution in [-0.2, 0) is 20.9 Å². The van der Waals surface area contributed by atoms with Crippen molar-refractivity contribution < 1.29 is 28.6 Å². The van der Waals surface area contributed by atoms with Crippen molar-refractivity contribution in [2.24, 2.45) is 9.98 Å². The van der Waals surface area contributed by atoms with Gasteiger partial charge in [0.05, 0.1) is 24.2 Å². The molecule has 42 heavy (non-hydrogen) atoms. The number of hydrogen-bond donors (Lipinski definition) is 2. The average Bonchev–Trinajstić information content (AvgIpc) is 3.62. The molecule has 0 saturated heterocycles. The fourth-order valence-electron chi connectivity index (χ4n) is 4.76. The molecule has 0 spiro atoms. The summed E-state index contributed by atoms with van der Waals surface area (Å²) in [5.74, 6) is 1.63. The molecule has 3 aliphatic rings. The fraction of sp³-hybridized carbons (Fsp3) is 0.233. The van der Waals surface area contributed by atoms with Gasteiger partial charge < -0.3 is 24.8 Å². The van der Waals surface area contributed by atoms with Gasteiger partial charge in [-0.15, -0.1) is 0 Å². The lowest BCUT2D eigenvalue weighted by atomic mass is 10.1. The first-order chi connectivity index (χ1) is 20.5. The van der Waals surface area contributed by atoms with Crippen molar-refractivity contribution in [1.29, 1.82) is 0 Å². The molecule has 0 radical (unpaired) electrons. The number of rotatable bonds is 9. The average molecular weight is 586 g/mol. The van der Waals surface area contributed by atoms with Crippen LogP contribution < -0.4 is 24.8 Å². The van der Waals surface area contributed by atoms with Crippen LogP contribution in [0, 0.1) is 0 Å². The van der Waals surface area contributed by atoms with Gasteiger partial charge in [-0.3, -0.25) is 19.4 Å². The fourth-order valence-corrected chi connectivity index (χ4v) is 5.56. The van der Waals surface area contributed by atoms with Crippen LogP contribution in [0.15, 0.2) is 76.7 Å². The Morgan fingerprint density at radius 1 is 1.05 bits per heavy atom. The zero-order chi connectivity index (χ0) is 29.1. The van der Waals surface area contributed by atoms with Crippen LogP contribution in [0.25, 0.3) is 0 Å². The molecule has 12 heteroatoms. The van der Waals surface area contributed by atoms with Crippen LogP contribution in [0.4, 0.5) is 11.4 Å². The number of carbonyl (C=O) groups excluding carboxylic acids is 3. The summed E-state index contributed by atoms with van der Waals surface area (Å²) < 4.78 is 16.0. The number of amides is 3. The van der Waals surface area contributed by atoms with E-state index in [2.05, 4.69) is 15.6 Å². The van der Waals surface area contributed by atoms with Gasteiger partial charge in [-0.1, -0.05) is 42.1 Å². The number of hydrogen-bond acceptors (Lipinski definition) is 9. The van der Waals surface area contributed by atoms with Crippen molar-refractivity contribution in [2.75, 3.05) is 25.0 Å². The van der Waals surface area contributed by atoms with E-state index in [1.165, 1.54) is 12.0 Å². The van der Waals surface area contributed by atoms with Gasteiger partial charge in [0.15, 0.2) is 16.7 Å². The normalized spacial score (nSPS) is 16.3. The number of methoxy groups -OCH3 is 1. The van der Waals surface area contributed by atoms with Crippen molar-refractivity contribution in [3.63, 3.8) is 0 Å². The van der Waals surface area contributed by atoms with E-state index in [0.717, 1.165) is 22.9 Å². The Hall–Kier alpha value is -4.84. The van der Waals surface area contributed by atoms with Gasteiger partial charge in [0, 0.05) is 18.5 Å². The quantitative estimate of drug-likeness (QED) is 0.390. The summed E-state index contributed by atoms with van der Waals surface area (Å²) in [5.41, 5.74) is 2.82. The van der Waals surface area contributed by atoms with Crippen molar-refractivity contribution in [2.45, 2.75) is 25.4 Å². The van der Waals surface area contributed by atoms with Crippen LogP contribution in [-0.4, -0.2) is 59.3 Å². The Balaban J connectivity index is 1.09. The molecule has 0 fully saturated rings. The molecule has 3 aromatic carbocycles. The lowest BCUT2D eigenvalue weighted by molar-refractivity contribution is -0.125. The molecule has 3 heterocycles. The molecule has 0 saturated carbocycles. The minimum atomic E-state index is -0.740. The van der Waals surface area contributed by atoms with Gasteiger partial charge in [0.1, 0.15) is 17.6 Å². The van der Waals surface area contributed by atoms with E-state index in [-0.39, 0.29) is 43.1 Å². The number of benzene rings is 3. The molecule has 0 bridgehead atoms. The zero-order valence-electron chi connectivity index (χ0n) is 22.7. The maximum Gasteiger partial charge on any atom is 0.259 e. The summed E-state index contributed by atoms with van der Waals surface area (Å²) >= 11 is 1.15. The maximum atomic E-state index is 13.5. The molecule has 3 aliphatic heterocycles. The number of carbonyl (C=O) groups is 3. The summed E-state index contributed by atoms with van der Waals surface area (Å²) in [5, 5.41) is 6.09. The van der Waals surface area contributed by atoms with Gasteiger partial charge in [-0.2, -0.15) is 0 Å². The van der Waals surface area contributed by atoms with E-state index in [4.69, 9.17) is 19.2 Å². The Bertz CT molecular complexity index is 1620. The Kier molecular flexibility index (Phi) is 7.78. The first-order valence-corrected chi connectivity index (χ1v) is 14.3. The zero-order valence-corrected chi connectivity index (χ0v) is 23.5. The molecule has 0 aliphatic carbocycles. The molecule has 2 N–H and O–H groups in total. The number of ether oxygens (including phenoxy) is 3. The third-order valence-electron chi connectivity index (χ3n) is 6.83. The first-order valence-electron chi connectivity index (χ1n) is 13.3. The van der Waals surface area contributed by atoms with Gasteiger partial charge in [0.25, 0.3) is 5.91 Å². The second-order valence-corrected chi connectivity index (χ2v) is 10.5. The van der Waals surface area contributed by atoms with Gasteiger partial charge in [-0.05, 0) is 48.4 Å². The highest BCUT2D eigenvalue weighted by atomic mass is 32.2. The molecule has 0 aromatic heterocycles. The number of amidine groups is 2. The van der Waals surface area contributed by atoms with Crippen molar-refractivity contribution in [1.82, 2.24) is 10.2 Å². The lowest BCUT2D eigenvalue weighted by Crippen LogP contribution is -2.41. The van der Waals surface area contributed by atoms with Crippen LogP contribution >= 0.6 is 11.8 Å². The highest BCUT2D eigenvalue weighted by molar-refractivity contribution is 8.14. The molecular formula is C30H27N5O6S. The van der Waals surface area contributed by atoms with E-state index in [0.29, 0.717) is 46.2 Å². The summed E-state index contributed by atoms with van der Waals surface area (Å²) in [6, 6.07) is 19.3. The lowest BCUT2D eigenvalue weighted by Gasteiger charge is -2.25. The number of nitrogens with one attached hydrogen (secondary N) is 2. The summed E-state index contributed by atoms with van der Waals surface area (Å²) in [7, 11) is 1.53. The van der Waals surface area contributed by atoms with Crippen LogP contribution in [0.5, 0.6) is 17.2 Å². The number of thioether (sulfide) groups is 1. The second kappa shape index (κ2) is 12.0. The molecule has 11 nitrogen and oxygen atoms in total. The number of anilines is 1. The number of para-hydroxylation sites is 3. The number of aliphatic imine (C=N–C) groups is 2. The highest BCUT2D eigenvalue weighted by Gasteiger charge is 2.41. The maximum absolute atomic E-state index is 13.5. The molecular weight excluding hydrogens is 558 g/mol. The Morgan fingerprint density at radius 3 is 2.74 bits per heavy atom. The van der Waals surface area contributed by atoms with Crippen molar-refractivity contribution in [3.8, 4) is 17.2 Å². The number of fused-ring (bicyclic) bond motifs is 4. The first kappa shape index (κ1) is 27.3. The van der Waals surface area contributed by atoms with Crippen LogP contribution in [0.3, 0.4) is 0 Å². The van der Waals surface area contributed by atoms with Crippen LogP contribution in [0.2, 0.25) is 0 Å². The molecule has 3 aromatic rings. The molecule has 214 valence electrons. The number of nitrogens with zero attached hydrogens (tertiary/aromatic N) is 3. The second-order valence-electron chi connectivity index (χ2n) is 9.59. The van der Waals surface area contributed by atoms with E-state index >= 15 is 0 Å². The largest absolute Gasteiger partial charge is 0.495 e. The predicted molar refractivity (Wildman–Crippen MR) is 158 cm³/mol. The third kappa shape index (κ3) is 5.66. The van der Waals surface area contributed by atoms with E-state index < -0.39 is 6.04 Å². The monoisotopic (exact) mass is 585 g/mol. The highest BCUT2D eigenvalue weighted by Crippen LogP contribution is 2.35. The summed E-state index contributed by atoms with van der Waals surface area (Å²) in [6.07, 6.45) is 0.356. The van der Waals surface area contributed by atoms with Gasteiger partial charge >= 0.3 is 0 Å². The van der Waals surface area contributed by atoms with Crippen molar-refractivity contribution >= 4 is 51.9 Å². The minimum Gasteiger partial charge on any atom is -0.495 e. The topological polar surface area (TPSA) is 131 Å². The van der Waals surface area contributed by atoms with E-state index in [1.807, 2.05) is 48.5 Å². The molecule has 6 rings (SSSR count). The summed E-state index contributed by atoms with van der Waals surface area (Å²) in [4.78, 5) is 49.8. The molecule has 3 amide bonds. The van der Waals surface area contributed by atoms with Gasteiger partial charge in [-0.25, -0.2) is 9.89 Å². The van der Waals surface area contributed by atoms with E-state index in [1.54, 1.807) is 18.2 Å². The van der Waals surface area contributed by atoms with Crippen molar-refractivity contribution in [3.05, 3.63) is 77.9 Å². The Morgan fingerprint density at radius 2 is 1.86 bits per heavy atom. The standard InChI is InChI=1S/C30H27N5O6S/c1-39-23-9-5-4-8-21(23)32-27(37)16-42-30-34-20-7-3-2-6-19(20)28-33-22(29(38)35(28)30)11-13-26(36)31-15-18-10-12-24-25(14-18)41-17-40-24/h2-10,12,14,22H,11,13,15-17H2,1H3,(H,31,36)(H,32,37). The molecule has 1 unspecified atom stereocenters. The van der Waals surface area contributed by atoms with Crippen LogP contribution in [0.1, 0.15) is 24.0 Å². The summed E-state index contributed by atoms with van der Waals surface area (Å²) in [6.45, 7) is 0.512. The SMILES string of the molecule is COc1ccccc1NC(=O)CSC1=Nc2ccccc2C2=NC(CCC(=O)NCc3ccc4c(c3)OCO4)C(=O)N12. The third-order valence-corrected chi connectivity index (χ3v) is 7.77. The minimum absolute atomic E-state index is 0.0169. The van der Waals surface area contributed by atoms with Gasteiger partial charge in [0.2, 0.25) is 18.6 Å². The smallest absolute Gasteiger partial charge is 0.259 e. The van der Waals surface area contributed by atoms with E-state index in [9.17, 15) is 14.4 Å².